The lowest BCUT2D eigenvalue weighted by Crippen LogP contribution is -2.35. The van der Waals surface area contributed by atoms with Crippen molar-refractivity contribution in [1.29, 1.82) is 0 Å². The van der Waals surface area contributed by atoms with Crippen LogP contribution in [0.3, 0.4) is 0 Å². The van der Waals surface area contributed by atoms with Gasteiger partial charge in [0, 0.05) is 30.8 Å². The second kappa shape index (κ2) is 8.03. The van der Waals surface area contributed by atoms with E-state index in [1.54, 1.807) is 7.11 Å². The van der Waals surface area contributed by atoms with Gasteiger partial charge in [-0.2, -0.15) is 0 Å². The van der Waals surface area contributed by atoms with Crippen LogP contribution in [0, 0.1) is 0 Å². The molecular weight excluding hydrogens is 266 g/mol. The van der Waals surface area contributed by atoms with Crippen LogP contribution in [0.2, 0.25) is 0 Å². The monoisotopic (exact) mass is 291 g/mol. The Morgan fingerprint density at radius 3 is 2.67 bits per heavy atom. The summed E-state index contributed by atoms with van der Waals surface area (Å²) in [5, 5.41) is 0. The Balaban J connectivity index is 2.11. The van der Waals surface area contributed by atoms with Crippen molar-refractivity contribution in [2.45, 2.75) is 39.2 Å². The molecule has 1 aromatic carbocycles. The summed E-state index contributed by atoms with van der Waals surface area (Å²) < 4.78 is 10.9. The molecule has 0 aromatic heterocycles. The summed E-state index contributed by atoms with van der Waals surface area (Å²) in [6.45, 7) is 5.01. The maximum Gasteiger partial charge on any atom is 0.253 e. The summed E-state index contributed by atoms with van der Waals surface area (Å²) in [6, 6.07) is 5.62. The molecule has 0 radical (unpaired) electrons. The first-order valence-electron chi connectivity index (χ1n) is 7.80. The molecule has 4 heteroatoms. The molecule has 1 heterocycles. The zero-order chi connectivity index (χ0) is 15.1. The molecule has 1 saturated heterocycles. The Kier molecular flexibility index (Phi) is 6.05. The van der Waals surface area contributed by atoms with Crippen molar-refractivity contribution < 1.29 is 14.3 Å². The van der Waals surface area contributed by atoms with Gasteiger partial charge in [-0.25, -0.2) is 0 Å². The molecule has 1 aromatic rings. The second-order valence-corrected chi connectivity index (χ2v) is 5.43. The number of rotatable bonds is 6. The van der Waals surface area contributed by atoms with Gasteiger partial charge in [0.1, 0.15) is 5.75 Å². The number of hydrogen-bond donors (Lipinski definition) is 0. The summed E-state index contributed by atoms with van der Waals surface area (Å²) in [7, 11) is 1.64. The number of carbonyl (C=O) groups is 1. The molecule has 1 aliphatic heterocycles. The lowest BCUT2D eigenvalue weighted by molar-refractivity contribution is 0.0723. The van der Waals surface area contributed by atoms with E-state index >= 15 is 0 Å². The van der Waals surface area contributed by atoms with E-state index in [4.69, 9.17) is 9.47 Å². The van der Waals surface area contributed by atoms with Gasteiger partial charge in [-0.3, -0.25) is 4.79 Å². The van der Waals surface area contributed by atoms with Crippen LogP contribution in [0.4, 0.5) is 0 Å². The Bertz CT molecular complexity index is 467. The normalized spacial score (nSPS) is 15.0. The predicted molar refractivity (Wildman–Crippen MR) is 82.7 cm³/mol. The summed E-state index contributed by atoms with van der Waals surface area (Å²) in [4.78, 5) is 14.5. The minimum atomic E-state index is 0.120. The van der Waals surface area contributed by atoms with Gasteiger partial charge in [-0.1, -0.05) is 6.92 Å². The standard InChI is InChI=1S/C17H25NO3/c1-3-11-21-13-15-12-14(7-8-16(15)20-2)17(19)18-9-5-4-6-10-18/h7-8,12H,3-6,9-11,13H2,1-2H3. The van der Waals surface area contributed by atoms with Gasteiger partial charge >= 0.3 is 0 Å². The number of ether oxygens (including phenoxy) is 2. The fourth-order valence-electron chi connectivity index (χ4n) is 2.63. The van der Waals surface area contributed by atoms with Gasteiger partial charge < -0.3 is 14.4 Å². The quantitative estimate of drug-likeness (QED) is 0.755. The first-order chi connectivity index (χ1) is 10.3. The van der Waals surface area contributed by atoms with Crippen LogP contribution in [-0.4, -0.2) is 37.6 Å². The summed E-state index contributed by atoms with van der Waals surface area (Å²) in [5.41, 5.74) is 1.67. The van der Waals surface area contributed by atoms with Gasteiger partial charge in [0.15, 0.2) is 0 Å². The van der Waals surface area contributed by atoms with Crippen LogP contribution >= 0.6 is 0 Å². The van der Waals surface area contributed by atoms with Crippen molar-refractivity contribution in [1.82, 2.24) is 4.90 Å². The van der Waals surface area contributed by atoms with Crippen molar-refractivity contribution in [3.8, 4) is 5.75 Å². The topological polar surface area (TPSA) is 38.8 Å². The maximum atomic E-state index is 12.5. The minimum absolute atomic E-state index is 0.120. The minimum Gasteiger partial charge on any atom is -0.496 e. The zero-order valence-corrected chi connectivity index (χ0v) is 13.1. The Hall–Kier alpha value is -1.55. The second-order valence-electron chi connectivity index (χ2n) is 5.43. The molecule has 1 amide bonds. The molecule has 21 heavy (non-hydrogen) atoms. The van der Waals surface area contributed by atoms with Gasteiger partial charge in [-0.05, 0) is 43.9 Å². The molecule has 0 spiro atoms. The van der Waals surface area contributed by atoms with Gasteiger partial charge in [0.25, 0.3) is 5.91 Å². The van der Waals surface area contributed by atoms with E-state index in [9.17, 15) is 4.79 Å². The maximum absolute atomic E-state index is 12.5. The molecule has 0 bridgehead atoms. The van der Waals surface area contributed by atoms with Crippen molar-refractivity contribution in [2.24, 2.45) is 0 Å². The van der Waals surface area contributed by atoms with Crippen molar-refractivity contribution in [3.63, 3.8) is 0 Å². The fourth-order valence-corrected chi connectivity index (χ4v) is 2.63. The molecule has 4 nitrogen and oxygen atoms in total. The van der Waals surface area contributed by atoms with E-state index in [0.29, 0.717) is 13.2 Å². The van der Waals surface area contributed by atoms with E-state index in [1.165, 1.54) is 6.42 Å². The van der Waals surface area contributed by atoms with E-state index in [1.807, 2.05) is 23.1 Å². The van der Waals surface area contributed by atoms with Crippen LogP contribution < -0.4 is 4.74 Å². The first kappa shape index (κ1) is 15.8. The van der Waals surface area contributed by atoms with Crippen molar-refractivity contribution in [3.05, 3.63) is 29.3 Å². The van der Waals surface area contributed by atoms with Gasteiger partial charge in [0.05, 0.1) is 13.7 Å². The van der Waals surface area contributed by atoms with Crippen LogP contribution in [0.15, 0.2) is 18.2 Å². The average Bonchev–Trinajstić information content (AvgIpc) is 2.55. The van der Waals surface area contributed by atoms with Crippen LogP contribution in [0.1, 0.15) is 48.5 Å². The molecule has 1 aliphatic rings. The Morgan fingerprint density at radius 2 is 2.00 bits per heavy atom. The lowest BCUT2D eigenvalue weighted by atomic mass is 10.1. The highest BCUT2D eigenvalue weighted by atomic mass is 16.5. The SMILES string of the molecule is CCCOCc1cc(C(=O)N2CCCCC2)ccc1OC. The van der Waals surface area contributed by atoms with Crippen molar-refractivity contribution in [2.75, 3.05) is 26.8 Å². The Morgan fingerprint density at radius 1 is 1.24 bits per heavy atom. The highest BCUT2D eigenvalue weighted by Gasteiger charge is 2.19. The number of nitrogens with zero attached hydrogens (tertiary/aromatic N) is 1. The molecule has 0 saturated carbocycles. The van der Waals surface area contributed by atoms with E-state index in [-0.39, 0.29) is 5.91 Å². The van der Waals surface area contributed by atoms with Crippen LogP contribution in [-0.2, 0) is 11.3 Å². The number of carbonyl (C=O) groups excluding carboxylic acids is 1. The number of hydrogen-bond acceptors (Lipinski definition) is 3. The van der Waals surface area contributed by atoms with Crippen LogP contribution in [0.5, 0.6) is 5.75 Å². The predicted octanol–water partition coefficient (Wildman–Crippen LogP) is 3.25. The lowest BCUT2D eigenvalue weighted by Gasteiger charge is -2.27. The zero-order valence-electron chi connectivity index (χ0n) is 13.1. The fraction of sp³-hybridized carbons (Fsp3) is 0.588. The van der Waals surface area contributed by atoms with E-state index in [2.05, 4.69) is 6.92 Å². The molecule has 0 N–H and O–H groups in total. The van der Waals surface area contributed by atoms with Gasteiger partial charge in [-0.15, -0.1) is 0 Å². The first-order valence-corrected chi connectivity index (χ1v) is 7.80. The number of amides is 1. The van der Waals surface area contributed by atoms with Crippen LogP contribution in [0.25, 0.3) is 0 Å². The third-order valence-corrected chi connectivity index (χ3v) is 3.78. The summed E-state index contributed by atoms with van der Waals surface area (Å²) >= 11 is 0. The third-order valence-electron chi connectivity index (χ3n) is 3.78. The number of likely N-dealkylation sites (tertiary alicyclic amines) is 1. The summed E-state index contributed by atoms with van der Waals surface area (Å²) in [6.07, 6.45) is 4.42. The molecule has 0 unspecified atom stereocenters. The highest BCUT2D eigenvalue weighted by molar-refractivity contribution is 5.94. The number of benzene rings is 1. The molecule has 116 valence electrons. The highest BCUT2D eigenvalue weighted by Crippen LogP contribution is 2.22. The molecular formula is C17H25NO3. The smallest absolute Gasteiger partial charge is 0.253 e. The average molecular weight is 291 g/mol. The summed E-state index contributed by atoms with van der Waals surface area (Å²) in [5.74, 6) is 0.899. The van der Waals surface area contributed by atoms with Gasteiger partial charge in [0.2, 0.25) is 0 Å². The van der Waals surface area contributed by atoms with E-state index in [0.717, 1.165) is 49.2 Å². The largest absolute Gasteiger partial charge is 0.496 e. The molecule has 0 atom stereocenters. The number of methoxy groups -OCH3 is 1. The third kappa shape index (κ3) is 4.21. The molecule has 0 aliphatic carbocycles. The molecule has 2 rings (SSSR count). The van der Waals surface area contributed by atoms with Crippen molar-refractivity contribution >= 4 is 5.91 Å². The molecule has 1 fully saturated rings. The number of piperidine rings is 1. The van der Waals surface area contributed by atoms with E-state index < -0.39 is 0 Å². The Labute approximate surface area is 127 Å².